The molecule has 0 aliphatic heterocycles. The second kappa shape index (κ2) is 6.38. The minimum atomic E-state index is -1.27. The van der Waals surface area contributed by atoms with Crippen molar-refractivity contribution < 1.29 is 14.7 Å². The van der Waals surface area contributed by atoms with Crippen LogP contribution >= 0.6 is 23.2 Å². The molecule has 1 aromatic heterocycles. The first-order valence-corrected chi connectivity index (χ1v) is 6.28. The van der Waals surface area contributed by atoms with Gasteiger partial charge in [-0.05, 0) is 12.1 Å². The summed E-state index contributed by atoms with van der Waals surface area (Å²) < 4.78 is 0. The van der Waals surface area contributed by atoms with Crippen LogP contribution in [0.15, 0.2) is 30.9 Å². The number of rotatable bonds is 3. The van der Waals surface area contributed by atoms with Crippen LogP contribution < -0.4 is 10.6 Å². The van der Waals surface area contributed by atoms with E-state index in [2.05, 4.69) is 20.6 Å². The van der Waals surface area contributed by atoms with Gasteiger partial charge in [-0.3, -0.25) is 0 Å². The molecule has 1 aromatic carbocycles. The summed E-state index contributed by atoms with van der Waals surface area (Å²) >= 11 is 11.7. The highest BCUT2D eigenvalue weighted by atomic mass is 35.5. The van der Waals surface area contributed by atoms with Gasteiger partial charge in [-0.15, -0.1) is 0 Å². The van der Waals surface area contributed by atoms with E-state index in [1.54, 1.807) is 0 Å². The molecule has 2 aromatic rings. The van der Waals surface area contributed by atoms with E-state index in [1.807, 2.05) is 0 Å². The Kier molecular flexibility index (Phi) is 4.56. The number of amides is 2. The number of aromatic nitrogens is 2. The van der Waals surface area contributed by atoms with Crippen LogP contribution in [0.5, 0.6) is 0 Å². The maximum Gasteiger partial charge on any atom is 0.337 e. The normalized spacial score (nSPS) is 10.0. The molecule has 0 bridgehead atoms. The largest absolute Gasteiger partial charge is 0.478 e. The maximum atomic E-state index is 11.8. The number of halogens is 2. The smallest absolute Gasteiger partial charge is 0.337 e. The quantitative estimate of drug-likeness (QED) is 0.803. The number of carbonyl (C=O) groups is 2. The van der Waals surface area contributed by atoms with Crippen LogP contribution in [-0.2, 0) is 0 Å². The molecular weight excluding hydrogens is 319 g/mol. The highest BCUT2D eigenvalue weighted by molar-refractivity contribution is 6.37. The molecule has 0 aliphatic carbocycles. The fraction of sp³-hybridized carbons (Fsp3) is 0. The van der Waals surface area contributed by atoms with Gasteiger partial charge in [0.15, 0.2) is 0 Å². The molecular formula is C12H8Cl2N4O3. The predicted molar refractivity (Wildman–Crippen MR) is 78.1 cm³/mol. The summed E-state index contributed by atoms with van der Waals surface area (Å²) in [6, 6.07) is 1.84. The number of aromatic carboxylic acids is 1. The predicted octanol–water partition coefficient (Wildman–Crippen LogP) is 3.13. The maximum absolute atomic E-state index is 11.8. The molecule has 0 aliphatic rings. The van der Waals surface area contributed by atoms with E-state index >= 15 is 0 Å². The lowest BCUT2D eigenvalue weighted by molar-refractivity contribution is 0.0698. The van der Waals surface area contributed by atoms with Crippen molar-refractivity contribution in [1.82, 2.24) is 9.97 Å². The second-order valence-corrected chi connectivity index (χ2v) is 4.67. The van der Waals surface area contributed by atoms with Gasteiger partial charge in [0, 0.05) is 5.02 Å². The first-order chi connectivity index (χ1) is 9.97. The highest BCUT2D eigenvalue weighted by Gasteiger charge is 2.17. The number of nitrogens with one attached hydrogen (secondary N) is 2. The topological polar surface area (TPSA) is 104 Å². The fourth-order valence-electron chi connectivity index (χ4n) is 1.51. The number of carboxylic acids is 1. The van der Waals surface area contributed by atoms with Crippen LogP contribution in [0.2, 0.25) is 10.0 Å². The molecule has 21 heavy (non-hydrogen) atoms. The van der Waals surface area contributed by atoms with Gasteiger partial charge in [0.05, 0.1) is 34.4 Å². The molecule has 0 saturated heterocycles. The van der Waals surface area contributed by atoms with Crippen LogP contribution in [0.1, 0.15) is 10.4 Å². The van der Waals surface area contributed by atoms with Crippen molar-refractivity contribution in [2.24, 2.45) is 0 Å². The van der Waals surface area contributed by atoms with Crippen molar-refractivity contribution in [3.05, 3.63) is 46.5 Å². The summed E-state index contributed by atoms with van der Waals surface area (Å²) in [5, 5.41) is 14.1. The number of carbonyl (C=O) groups excluding carboxylic acids is 1. The minimum Gasteiger partial charge on any atom is -0.478 e. The summed E-state index contributed by atoms with van der Waals surface area (Å²) in [5.74, 6) is -1.27. The first-order valence-electron chi connectivity index (χ1n) is 5.52. The monoisotopic (exact) mass is 326 g/mol. The van der Waals surface area contributed by atoms with Crippen LogP contribution in [0.25, 0.3) is 0 Å². The highest BCUT2D eigenvalue weighted by Crippen LogP contribution is 2.30. The molecule has 0 unspecified atom stereocenters. The van der Waals surface area contributed by atoms with Crippen LogP contribution in [0.4, 0.5) is 16.2 Å². The zero-order valence-corrected chi connectivity index (χ0v) is 11.8. The van der Waals surface area contributed by atoms with E-state index in [1.165, 1.54) is 30.9 Å². The lowest BCUT2D eigenvalue weighted by Crippen LogP contribution is -2.21. The lowest BCUT2D eigenvalue weighted by atomic mass is 10.2. The van der Waals surface area contributed by atoms with Crippen molar-refractivity contribution >= 4 is 46.6 Å². The minimum absolute atomic E-state index is 0.0133. The number of hydrogen-bond donors (Lipinski definition) is 3. The molecule has 7 nitrogen and oxygen atoms in total. The van der Waals surface area contributed by atoms with Crippen molar-refractivity contribution in [3.8, 4) is 0 Å². The van der Waals surface area contributed by atoms with E-state index in [0.29, 0.717) is 5.69 Å². The summed E-state index contributed by atoms with van der Waals surface area (Å²) in [6.07, 6.45) is 4.07. The van der Waals surface area contributed by atoms with Crippen LogP contribution in [0, 0.1) is 0 Å². The average molecular weight is 327 g/mol. The van der Waals surface area contributed by atoms with E-state index in [9.17, 15) is 9.59 Å². The molecule has 0 spiro atoms. The van der Waals surface area contributed by atoms with E-state index in [0.717, 1.165) is 0 Å². The summed E-state index contributed by atoms with van der Waals surface area (Å²) in [4.78, 5) is 30.4. The van der Waals surface area contributed by atoms with Gasteiger partial charge in [-0.25, -0.2) is 19.6 Å². The van der Waals surface area contributed by atoms with Gasteiger partial charge < -0.3 is 15.7 Å². The molecule has 108 valence electrons. The van der Waals surface area contributed by atoms with Gasteiger partial charge in [0.25, 0.3) is 0 Å². The fourth-order valence-corrected chi connectivity index (χ4v) is 2.05. The summed E-state index contributed by atoms with van der Waals surface area (Å²) in [7, 11) is 0. The third-order valence-corrected chi connectivity index (χ3v) is 2.86. The Balaban J connectivity index is 2.23. The lowest BCUT2D eigenvalue weighted by Gasteiger charge is -2.11. The summed E-state index contributed by atoms with van der Waals surface area (Å²) in [6.45, 7) is 0. The third-order valence-electron chi connectivity index (χ3n) is 2.34. The Morgan fingerprint density at radius 2 is 1.76 bits per heavy atom. The molecule has 9 heteroatoms. The Hall–Kier alpha value is -2.38. The number of urea groups is 1. The van der Waals surface area contributed by atoms with Gasteiger partial charge in [-0.1, -0.05) is 23.2 Å². The second-order valence-electron chi connectivity index (χ2n) is 3.82. The molecule has 0 saturated carbocycles. The van der Waals surface area contributed by atoms with Crippen molar-refractivity contribution in [2.45, 2.75) is 0 Å². The van der Waals surface area contributed by atoms with Crippen molar-refractivity contribution in [1.29, 1.82) is 0 Å². The molecule has 0 fully saturated rings. The molecule has 1 heterocycles. The zero-order chi connectivity index (χ0) is 15.4. The Morgan fingerprint density at radius 1 is 1.10 bits per heavy atom. The van der Waals surface area contributed by atoms with Crippen molar-refractivity contribution in [3.63, 3.8) is 0 Å². The third kappa shape index (κ3) is 3.80. The summed E-state index contributed by atoms with van der Waals surface area (Å²) in [5.41, 5.74) is 0.0758. The van der Waals surface area contributed by atoms with E-state index in [4.69, 9.17) is 28.3 Å². The molecule has 0 atom stereocenters. The molecule has 2 amide bonds. The number of carboxylic acid groups (broad SMARTS) is 1. The van der Waals surface area contributed by atoms with E-state index < -0.39 is 12.0 Å². The Morgan fingerprint density at radius 3 is 2.38 bits per heavy atom. The molecule has 0 radical (unpaired) electrons. The van der Waals surface area contributed by atoms with Gasteiger partial charge in [-0.2, -0.15) is 0 Å². The van der Waals surface area contributed by atoms with Gasteiger partial charge in [0.1, 0.15) is 6.33 Å². The number of anilines is 2. The van der Waals surface area contributed by atoms with Crippen LogP contribution in [0.3, 0.4) is 0 Å². The SMILES string of the molecule is O=C(Nc1cncnc1)Nc1c(Cl)cc(Cl)cc1C(=O)O. The Bertz CT molecular complexity index is 694. The molecule has 2 rings (SSSR count). The van der Waals surface area contributed by atoms with Gasteiger partial charge >= 0.3 is 12.0 Å². The number of nitrogens with zero attached hydrogens (tertiary/aromatic N) is 2. The number of hydrogen-bond acceptors (Lipinski definition) is 4. The van der Waals surface area contributed by atoms with Gasteiger partial charge in [0.2, 0.25) is 0 Å². The Labute approximate surface area is 128 Å². The van der Waals surface area contributed by atoms with Crippen LogP contribution in [-0.4, -0.2) is 27.1 Å². The van der Waals surface area contributed by atoms with E-state index in [-0.39, 0.29) is 21.3 Å². The first kappa shape index (κ1) is 15.0. The number of benzene rings is 1. The van der Waals surface area contributed by atoms with Crippen molar-refractivity contribution in [2.75, 3.05) is 10.6 Å². The average Bonchev–Trinajstić information content (AvgIpc) is 2.42. The zero-order valence-electron chi connectivity index (χ0n) is 10.3. The molecule has 3 N–H and O–H groups in total. The standard InChI is InChI=1S/C12H8Cl2N4O3/c13-6-1-8(11(19)20)10(9(14)2-6)18-12(21)17-7-3-15-5-16-4-7/h1-5H,(H,19,20)(H2,17,18,21).